The van der Waals surface area contributed by atoms with Crippen LogP contribution in [0, 0.1) is 5.82 Å². The molecule has 0 bridgehead atoms. The fourth-order valence-electron chi connectivity index (χ4n) is 4.33. The van der Waals surface area contributed by atoms with Crippen LogP contribution in [0.3, 0.4) is 0 Å². The topological polar surface area (TPSA) is 50.4 Å². The summed E-state index contributed by atoms with van der Waals surface area (Å²) < 4.78 is 21.4. The van der Waals surface area contributed by atoms with Crippen LogP contribution in [0.2, 0.25) is 0 Å². The van der Waals surface area contributed by atoms with Crippen molar-refractivity contribution in [3.63, 3.8) is 0 Å². The Morgan fingerprint density at radius 3 is 2.50 bits per heavy atom. The smallest absolute Gasteiger partial charge is 0.268 e. The number of fused-ring (bicyclic) bond motifs is 1. The summed E-state index contributed by atoms with van der Waals surface area (Å²) in [6.45, 7) is 2.53. The van der Waals surface area contributed by atoms with Gasteiger partial charge in [0.25, 0.3) is 5.91 Å². The van der Waals surface area contributed by atoms with Crippen molar-refractivity contribution in [3.05, 3.63) is 83.8 Å². The van der Waals surface area contributed by atoms with E-state index in [9.17, 15) is 9.18 Å². The van der Waals surface area contributed by atoms with Crippen molar-refractivity contribution in [1.29, 1.82) is 0 Å². The molecule has 1 aliphatic heterocycles. The lowest BCUT2D eigenvalue weighted by molar-refractivity contribution is 0.0908. The van der Waals surface area contributed by atoms with Crippen molar-refractivity contribution < 1.29 is 13.6 Å². The van der Waals surface area contributed by atoms with Crippen LogP contribution < -0.4 is 5.32 Å². The molecule has 5 nitrogen and oxygen atoms in total. The van der Waals surface area contributed by atoms with Crippen LogP contribution >= 0.6 is 0 Å². The second kappa shape index (κ2) is 8.63. The van der Waals surface area contributed by atoms with Gasteiger partial charge in [0.1, 0.15) is 17.3 Å². The molecule has 1 saturated heterocycles. The third-order valence-corrected chi connectivity index (χ3v) is 6.19. The summed E-state index contributed by atoms with van der Waals surface area (Å²) in [6.07, 6.45) is 1.90. The number of carbonyl (C=O) groups excluding carboxylic acids is 1. The molecule has 2 aromatic carbocycles. The number of nitrogens with one attached hydrogen (secondary N) is 1. The van der Waals surface area contributed by atoms with Crippen LogP contribution in [0.15, 0.2) is 71.1 Å². The van der Waals surface area contributed by atoms with Gasteiger partial charge in [-0.05, 0) is 62.8 Å². The van der Waals surface area contributed by atoms with Gasteiger partial charge < -0.3 is 19.2 Å². The van der Waals surface area contributed by atoms with Gasteiger partial charge in [-0.3, -0.25) is 4.79 Å². The first-order valence-electron chi connectivity index (χ1n) is 11.0. The molecule has 1 N–H and O–H groups in total. The number of benzene rings is 2. The number of piperidine rings is 1. The first kappa shape index (κ1) is 20.5. The van der Waals surface area contributed by atoms with E-state index in [1.54, 1.807) is 12.1 Å². The summed E-state index contributed by atoms with van der Waals surface area (Å²) in [5.41, 5.74) is 3.98. The van der Waals surface area contributed by atoms with Crippen molar-refractivity contribution >= 4 is 17.0 Å². The van der Waals surface area contributed by atoms with Gasteiger partial charge in [-0.15, -0.1) is 0 Å². The molecule has 3 heterocycles. The summed E-state index contributed by atoms with van der Waals surface area (Å²) in [6, 6.07) is 20.2. The number of likely N-dealkylation sites (tertiary alicyclic amines) is 1. The Labute approximate surface area is 186 Å². The molecule has 0 saturated carbocycles. The highest BCUT2D eigenvalue weighted by molar-refractivity contribution is 5.98. The molecule has 2 aromatic heterocycles. The Morgan fingerprint density at radius 2 is 1.78 bits per heavy atom. The third kappa shape index (κ3) is 4.18. The normalized spacial score (nSPS) is 15.3. The van der Waals surface area contributed by atoms with Gasteiger partial charge in [0, 0.05) is 30.3 Å². The molecule has 5 rings (SSSR count). The van der Waals surface area contributed by atoms with E-state index in [1.165, 1.54) is 12.1 Å². The number of halogens is 1. The Kier molecular flexibility index (Phi) is 5.53. The van der Waals surface area contributed by atoms with E-state index in [1.807, 2.05) is 47.0 Å². The van der Waals surface area contributed by atoms with E-state index < -0.39 is 0 Å². The average Bonchev–Trinajstić information content (AvgIpc) is 3.36. The lowest BCUT2D eigenvalue weighted by Gasteiger charge is -2.29. The molecule has 32 heavy (non-hydrogen) atoms. The van der Waals surface area contributed by atoms with Crippen molar-refractivity contribution in [2.75, 3.05) is 20.1 Å². The standard InChI is InChI=1S/C26H26FN3O2/c1-29-13-11-21(12-14-29)28-26(31)23-16-25-22(30(23)17-18-5-3-2-4-6-18)15-24(32-25)19-7-9-20(27)10-8-19/h2-10,15-16,21H,11-14,17H2,1H3,(H,28,31). The van der Waals surface area contributed by atoms with Gasteiger partial charge in [-0.1, -0.05) is 30.3 Å². The fraction of sp³-hybridized carbons (Fsp3) is 0.269. The largest absolute Gasteiger partial charge is 0.454 e. The van der Waals surface area contributed by atoms with Crippen LogP contribution in [0.1, 0.15) is 28.9 Å². The molecule has 0 radical (unpaired) electrons. The molecule has 0 aliphatic carbocycles. The molecule has 1 fully saturated rings. The lowest BCUT2D eigenvalue weighted by Crippen LogP contribution is -2.43. The minimum atomic E-state index is -0.286. The monoisotopic (exact) mass is 431 g/mol. The number of furan rings is 1. The van der Waals surface area contributed by atoms with E-state index >= 15 is 0 Å². The van der Waals surface area contributed by atoms with Crippen LogP contribution in [-0.4, -0.2) is 41.6 Å². The molecule has 4 aromatic rings. The van der Waals surface area contributed by atoms with Gasteiger partial charge in [0.05, 0.1) is 5.52 Å². The van der Waals surface area contributed by atoms with E-state index in [4.69, 9.17) is 4.42 Å². The quantitative estimate of drug-likeness (QED) is 0.488. The summed E-state index contributed by atoms with van der Waals surface area (Å²) in [5.74, 6) is 0.288. The lowest BCUT2D eigenvalue weighted by atomic mass is 10.1. The van der Waals surface area contributed by atoms with E-state index in [2.05, 4.69) is 17.3 Å². The van der Waals surface area contributed by atoms with Crippen molar-refractivity contribution in [2.24, 2.45) is 0 Å². The van der Waals surface area contributed by atoms with Crippen LogP contribution in [0.25, 0.3) is 22.4 Å². The van der Waals surface area contributed by atoms with Gasteiger partial charge in [-0.25, -0.2) is 4.39 Å². The molecular formula is C26H26FN3O2. The number of nitrogens with zero attached hydrogens (tertiary/aromatic N) is 2. The summed E-state index contributed by atoms with van der Waals surface area (Å²) in [4.78, 5) is 15.5. The maximum absolute atomic E-state index is 13.3. The number of hydrogen-bond donors (Lipinski definition) is 1. The second-order valence-electron chi connectivity index (χ2n) is 8.52. The van der Waals surface area contributed by atoms with E-state index in [-0.39, 0.29) is 17.8 Å². The predicted molar refractivity (Wildman–Crippen MR) is 123 cm³/mol. The predicted octanol–water partition coefficient (Wildman–Crippen LogP) is 4.91. The van der Waals surface area contributed by atoms with Gasteiger partial charge in [-0.2, -0.15) is 0 Å². The highest BCUT2D eigenvalue weighted by Crippen LogP contribution is 2.31. The van der Waals surface area contributed by atoms with Gasteiger partial charge >= 0.3 is 0 Å². The second-order valence-corrected chi connectivity index (χ2v) is 8.52. The molecule has 0 spiro atoms. The summed E-state index contributed by atoms with van der Waals surface area (Å²) in [7, 11) is 2.11. The Hall–Kier alpha value is -3.38. The van der Waals surface area contributed by atoms with Crippen LogP contribution in [-0.2, 0) is 6.54 Å². The van der Waals surface area contributed by atoms with Gasteiger partial charge in [0.15, 0.2) is 5.58 Å². The number of rotatable bonds is 5. The van der Waals surface area contributed by atoms with E-state index in [0.717, 1.165) is 42.6 Å². The Morgan fingerprint density at radius 1 is 1.06 bits per heavy atom. The zero-order valence-electron chi connectivity index (χ0n) is 18.1. The minimum Gasteiger partial charge on any atom is -0.454 e. The minimum absolute atomic E-state index is 0.0785. The Bertz CT molecular complexity index is 1220. The molecule has 0 atom stereocenters. The molecule has 6 heteroatoms. The number of carbonyl (C=O) groups is 1. The summed E-state index contributed by atoms with van der Waals surface area (Å²) >= 11 is 0. The van der Waals surface area contributed by atoms with Crippen LogP contribution in [0.4, 0.5) is 4.39 Å². The fourth-order valence-corrected chi connectivity index (χ4v) is 4.33. The number of amides is 1. The Balaban J connectivity index is 1.49. The van der Waals surface area contributed by atoms with Crippen molar-refractivity contribution in [2.45, 2.75) is 25.4 Å². The maximum atomic E-state index is 13.3. The highest BCUT2D eigenvalue weighted by atomic mass is 19.1. The SMILES string of the molecule is CN1CCC(NC(=O)c2cc3oc(-c4ccc(F)cc4)cc3n2Cc2ccccc2)CC1. The van der Waals surface area contributed by atoms with E-state index in [0.29, 0.717) is 23.6 Å². The molecule has 0 unspecified atom stereocenters. The maximum Gasteiger partial charge on any atom is 0.268 e. The van der Waals surface area contributed by atoms with Crippen molar-refractivity contribution in [3.8, 4) is 11.3 Å². The zero-order chi connectivity index (χ0) is 22.1. The third-order valence-electron chi connectivity index (χ3n) is 6.19. The van der Waals surface area contributed by atoms with Crippen molar-refractivity contribution in [1.82, 2.24) is 14.8 Å². The molecule has 1 amide bonds. The highest BCUT2D eigenvalue weighted by Gasteiger charge is 2.24. The first-order valence-corrected chi connectivity index (χ1v) is 11.0. The van der Waals surface area contributed by atoms with Gasteiger partial charge in [0.2, 0.25) is 0 Å². The number of aromatic nitrogens is 1. The molecule has 1 aliphatic rings. The zero-order valence-corrected chi connectivity index (χ0v) is 18.1. The number of hydrogen-bond acceptors (Lipinski definition) is 3. The average molecular weight is 432 g/mol. The first-order chi connectivity index (χ1) is 15.6. The van der Waals surface area contributed by atoms with Crippen LogP contribution in [0.5, 0.6) is 0 Å². The molecule has 164 valence electrons. The molecular weight excluding hydrogens is 405 g/mol. The summed E-state index contributed by atoms with van der Waals surface area (Å²) in [5, 5.41) is 3.22.